The van der Waals surface area contributed by atoms with E-state index in [1.54, 1.807) is 30.3 Å². The number of benzene rings is 1. The Hall–Kier alpha value is -3.67. The fraction of sp³-hybridized carbons (Fsp3) is 0.500. The molecular formula is C22H36N8O4. The van der Waals surface area contributed by atoms with Crippen molar-refractivity contribution in [3.63, 3.8) is 0 Å². The van der Waals surface area contributed by atoms with Gasteiger partial charge in [0, 0.05) is 12.1 Å². The first-order chi connectivity index (χ1) is 16.1. The highest BCUT2D eigenvalue weighted by atomic mass is 16.2. The molecule has 3 atom stereocenters. The second-order valence-electron chi connectivity index (χ2n) is 7.82. The standard InChI is InChI=1S/C22H36N8O4/c1-14(18(24)31)28-20(33)16(10-5-6-12-23)30-21(34)17(11-7-13-27-22(25)26)29-19(32)15-8-3-2-4-9-15/h2-4,8-9,14,16-17H,5-7,10-13,23H2,1H3,(H2,24,31)(H,28,33)(H,29,32)(H,30,34)(H4,25,26,27)/t14-,16-,17-/m0/s1. The van der Waals surface area contributed by atoms with Crippen molar-refractivity contribution >= 4 is 29.6 Å². The van der Waals surface area contributed by atoms with Crippen LogP contribution in [0.15, 0.2) is 35.3 Å². The van der Waals surface area contributed by atoms with Crippen LogP contribution >= 0.6 is 0 Å². The number of rotatable bonds is 15. The number of hydrogen-bond acceptors (Lipinski definition) is 6. The maximum Gasteiger partial charge on any atom is 0.251 e. The fourth-order valence-electron chi connectivity index (χ4n) is 3.02. The summed E-state index contributed by atoms with van der Waals surface area (Å²) < 4.78 is 0. The van der Waals surface area contributed by atoms with Crippen molar-refractivity contribution in [1.29, 1.82) is 0 Å². The van der Waals surface area contributed by atoms with E-state index < -0.39 is 41.8 Å². The second-order valence-corrected chi connectivity index (χ2v) is 7.82. The molecule has 1 aromatic rings. The van der Waals surface area contributed by atoms with Crippen molar-refractivity contribution in [2.24, 2.45) is 27.9 Å². The van der Waals surface area contributed by atoms with E-state index in [1.165, 1.54) is 6.92 Å². The predicted octanol–water partition coefficient (Wildman–Crippen LogP) is -1.56. The van der Waals surface area contributed by atoms with Crippen molar-refractivity contribution in [3.05, 3.63) is 35.9 Å². The van der Waals surface area contributed by atoms with E-state index in [4.69, 9.17) is 22.9 Å². The van der Waals surface area contributed by atoms with E-state index in [1.807, 2.05) is 0 Å². The molecule has 1 rings (SSSR count). The zero-order chi connectivity index (χ0) is 25.5. The number of amides is 4. The maximum absolute atomic E-state index is 13.1. The van der Waals surface area contributed by atoms with Crippen LogP contribution in [0.25, 0.3) is 0 Å². The van der Waals surface area contributed by atoms with E-state index in [0.717, 1.165) is 0 Å². The van der Waals surface area contributed by atoms with Gasteiger partial charge in [-0.1, -0.05) is 18.2 Å². The first kappa shape index (κ1) is 28.4. The van der Waals surface area contributed by atoms with Gasteiger partial charge in [-0.05, 0) is 57.7 Å². The predicted molar refractivity (Wildman–Crippen MR) is 129 cm³/mol. The lowest BCUT2D eigenvalue weighted by molar-refractivity contribution is -0.132. The number of nitrogens with zero attached hydrogens (tertiary/aromatic N) is 1. The Morgan fingerprint density at radius 3 is 2.03 bits per heavy atom. The molecule has 0 bridgehead atoms. The van der Waals surface area contributed by atoms with Crippen molar-refractivity contribution in [2.75, 3.05) is 13.1 Å². The highest BCUT2D eigenvalue weighted by molar-refractivity contribution is 5.98. The summed E-state index contributed by atoms with van der Waals surface area (Å²) in [6, 6.07) is 5.65. The number of guanidine groups is 1. The van der Waals surface area contributed by atoms with Crippen molar-refractivity contribution in [3.8, 4) is 0 Å². The van der Waals surface area contributed by atoms with Gasteiger partial charge in [0.15, 0.2) is 5.96 Å². The molecule has 0 aliphatic rings. The third kappa shape index (κ3) is 10.8. The molecule has 0 fully saturated rings. The molecule has 0 aliphatic heterocycles. The monoisotopic (exact) mass is 476 g/mol. The van der Waals surface area contributed by atoms with Crippen LogP contribution in [0.3, 0.4) is 0 Å². The Labute approximate surface area is 199 Å². The summed E-state index contributed by atoms with van der Waals surface area (Å²) in [6.45, 7) is 2.15. The van der Waals surface area contributed by atoms with E-state index in [-0.39, 0.29) is 18.9 Å². The van der Waals surface area contributed by atoms with Crippen molar-refractivity contribution in [2.45, 2.75) is 57.2 Å². The van der Waals surface area contributed by atoms with Gasteiger partial charge in [0.2, 0.25) is 17.7 Å². The molecule has 188 valence electrons. The Kier molecular flexibility index (Phi) is 12.7. The highest BCUT2D eigenvalue weighted by Crippen LogP contribution is 2.07. The van der Waals surface area contributed by atoms with Crippen molar-refractivity contribution in [1.82, 2.24) is 16.0 Å². The van der Waals surface area contributed by atoms with E-state index in [2.05, 4.69) is 20.9 Å². The van der Waals surface area contributed by atoms with Gasteiger partial charge >= 0.3 is 0 Å². The lowest BCUT2D eigenvalue weighted by Crippen LogP contribution is -2.55. The Morgan fingerprint density at radius 2 is 1.44 bits per heavy atom. The SMILES string of the molecule is C[C@H](NC(=O)[C@H](CCCCN)NC(=O)[C@H](CCCN=C(N)N)NC(=O)c1ccccc1)C(N)=O. The van der Waals surface area contributed by atoms with Gasteiger partial charge in [-0.3, -0.25) is 24.2 Å². The third-order valence-corrected chi connectivity index (χ3v) is 4.97. The van der Waals surface area contributed by atoms with Crippen LogP contribution < -0.4 is 38.9 Å². The molecule has 12 nitrogen and oxygen atoms in total. The van der Waals surface area contributed by atoms with Crippen LogP contribution in [0.5, 0.6) is 0 Å². The molecule has 0 unspecified atom stereocenters. The largest absolute Gasteiger partial charge is 0.370 e. The Morgan fingerprint density at radius 1 is 0.853 bits per heavy atom. The normalized spacial score (nSPS) is 13.1. The smallest absolute Gasteiger partial charge is 0.251 e. The number of hydrogen-bond donors (Lipinski definition) is 7. The summed E-state index contributed by atoms with van der Waals surface area (Å²) in [4.78, 5) is 53.7. The number of nitrogens with one attached hydrogen (secondary N) is 3. The average Bonchev–Trinajstić information content (AvgIpc) is 2.80. The van der Waals surface area contributed by atoms with Gasteiger partial charge in [0.05, 0.1) is 0 Å². The van der Waals surface area contributed by atoms with Gasteiger partial charge < -0.3 is 38.9 Å². The number of unbranched alkanes of at least 4 members (excludes halogenated alkanes) is 1. The number of carbonyl (C=O) groups is 4. The van der Waals surface area contributed by atoms with Crippen molar-refractivity contribution < 1.29 is 19.2 Å². The van der Waals surface area contributed by atoms with E-state index in [0.29, 0.717) is 37.8 Å². The minimum Gasteiger partial charge on any atom is -0.370 e. The first-order valence-electron chi connectivity index (χ1n) is 11.2. The number of nitrogens with two attached hydrogens (primary N) is 4. The molecule has 0 saturated carbocycles. The van der Waals surface area contributed by atoms with Gasteiger partial charge in [-0.15, -0.1) is 0 Å². The van der Waals surface area contributed by atoms with Crippen LogP contribution in [0.1, 0.15) is 49.4 Å². The van der Waals surface area contributed by atoms with Gasteiger partial charge in [-0.25, -0.2) is 0 Å². The summed E-state index contributed by atoms with van der Waals surface area (Å²) in [5.41, 5.74) is 21.8. The minimum absolute atomic E-state index is 0.0745. The molecule has 0 radical (unpaired) electrons. The number of carbonyl (C=O) groups excluding carboxylic acids is 4. The Bertz CT molecular complexity index is 843. The summed E-state index contributed by atoms with van der Waals surface area (Å²) in [5, 5.41) is 7.88. The average molecular weight is 477 g/mol. The summed E-state index contributed by atoms with van der Waals surface area (Å²) >= 11 is 0. The fourth-order valence-corrected chi connectivity index (χ4v) is 3.02. The highest BCUT2D eigenvalue weighted by Gasteiger charge is 2.28. The number of primary amides is 1. The molecule has 0 heterocycles. The summed E-state index contributed by atoms with van der Waals surface area (Å²) in [5.74, 6) is -2.31. The molecule has 12 heteroatoms. The van der Waals surface area contributed by atoms with Gasteiger partial charge in [0.25, 0.3) is 5.91 Å². The topological polar surface area (TPSA) is 221 Å². The molecule has 0 aliphatic carbocycles. The quantitative estimate of drug-likeness (QED) is 0.0895. The van der Waals surface area contributed by atoms with E-state index in [9.17, 15) is 19.2 Å². The van der Waals surface area contributed by atoms with Crippen LogP contribution in [0.4, 0.5) is 0 Å². The van der Waals surface area contributed by atoms with E-state index >= 15 is 0 Å². The summed E-state index contributed by atoms with van der Waals surface area (Å²) in [7, 11) is 0. The van der Waals surface area contributed by atoms with Gasteiger partial charge in [-0.2, -0.15) is 0 Å². The lowest BCUT2D eigenvalue weighted by atomic mass is 10.1. The molecule has 34 heavy (non-hydrogen) atoms. The minimum atomic E-state index is -0.944. The molecule has 0 saturated heterocycles. The zero-order valence-electron chi connectivity index (χ0n) is 19.5. The molecule has 1 aromatic carbocycles. The van der Waals surface area contributed by atoms with Crippen LogP contribution in [0, 0.1) is 0 Å². The molecule has 11 N–H and O–H groups in total. The van der Waals surface area contributed by atoms with Crippen LogP contribution in [-0.2, 0) is 14.4 Å². The first-order valence-corrected chi connectivity index (χ1v) is 11.2. The summed E-state index contributed by atoms with van der Waals surface area (Å²) in [6.07, 6.45) is 2.17. The lowest BCUT2D eigenvalue weighted by Gasteiger charge is -2.24. The Balaban J connectivity index is 2.96. The van der Waals surface area contributed by atoms with Crippen LogP contribution in [0.2, 0.25) is 0 Å². The number of aliphatic imine (C=N–C) groups is 1. The molecular weight excluding hydrogens is 440 g/mol. The third-order valence-electron chi connectivity index (χ3n) is 4.97. The molecule has 0 spiro atoms. The zero-order valence-corrected chi connectivity index (χ0v) is 19.5. The van der Waals surface area contributed by atoms with Crippen LogP contribution in [-0.4, -0.2) is 60.8 Å². The second kappa shape index (κ2) is 15.2. The van der Waals surface area contributed by atoms with Gasteiger partial charge in [0.1, 0.15) is 18.1 Å². The molecule has 4 amide bonds. The molecule has 0 aromatic heterocycles. The maximum atomic E-state index is 13.1.